The second-order valence-corrected chi connectivity index (χ2v) is 6.10. The van der Waals surface area contributed by atoms with E-state index in [0.717, 1.165) is 19.3 Å². The van der Waals surface area contributed by atoms with E-state index in [-0.39, 0.29) is 10.9 Å². The Kier molecular flexibility index (Phi) is 6.24. The van der Waals surface area contributed by atoms with E-state index in [1.807, 2.05) is 20.8 Å². The van der Waals surface area contributed by atoms with E-state index in [1.165, 1.54) is 6.20 Å². The van der Waals surface area contributed by atoms with E-state index in [1.54, 1.807) is 12.3 Å². The third kappa shape index (κ3) is 4.47. The normalized spacial score (nSPS) is 13.2. The fourth-order valence-electron chi connectivity index (χ4n) is 1.91. The molecule has 2 N–H and O–H groups in total. The Hall–Kier alpha value is -1.14. The van der Waals surface area contributed by atoms with Crippen LogP contribution in [0.3, 0.4) is 0 Å². The first-order valence-corrected chi connectivity index (χ1v) is 8.23. The molecule has 1 heterocycles. The molecule has 19 heavy (non-hydrogen) atoms. The van der Waals surface area contributed by atoms with Gasteiger partial charge in [0.2, 0.25) is 10.0 Å². The molecular weight excluding hydrogens is 262 g/mol. The number of hydrogen-bond acceptors (Lipinski definition) is 4. The molecule has 1 aromatic rings. The van der Waals surface area contributed by atoms with E-state index in [4.69, 9.17) is 0 Å². The van der Waals surface area contributed by atoms with Gasteiger partial charge in [0.1, 0.15) is 4.90 Å². The van der Waals surface area contributed by atoms with Crippen molar-refractivity contribution in [1.82, 2.24) is 9.71 Å². The number of nitrogens with one attached hydrogen (secondary N) is 2. The van der Waals surface area contributed by atoms with Crippen LogP contribution in [0.15, 0.2) is 23.4 Å². The molecule has 1 aromatic heterocycles. The van der Waals surface area contributed by atoms with Gasteiger partial charge in [-0.3, -0.25) is 4.98 Å². The monoisotopic (exact) mass is 285 g/mol. The average molecular weight is 285 g/mol. The molecule has 1 atom stereocenters. The fourth-order valence-corrected chi connectivity index (χ4v) is 3.39. The van der Waals surface area contributed by atoms with Crippen LogP contribution in [-0.2, 0) is 10.0 Å². The van der Waals surface area contributed by atoms with E-state index in [9.17, 15) is 8.42 Å². The van der Waals surface area contributed by atoms with Crippen LogP contribution >= 0.6 is 0 Å². The lowest BCUT2D eigenvalue weighted by Crippen LogP contribution is -2.34. The summed E-state index contributed by atoms with van der Waals surface area (Å²) in [7, 11) is -3.52. The predicted octanol–water partition coefficient (Wildman–Crippen LogP) is 2.37. The van der Waals surface area contributed by atoms with Gasteiger partial charge in [-0.1, -0.05) is 20.3 Å². The zero-order valence-electron chi connectivity index (χ0n) is 11.8. The topological polar surface area (TPSA) is 71.1 Å². The molecule has 1 rings (SSSR count). The molecule has 0 aliphatic heterocycles. The number of nitrogens with zero attached hydrogens (tertiary/aromatic N) is 1. The number of aromatic nitrogens is 1. The van der Waals surface area contributed by atoms with E-state index in [0.29, 0.717) is 12.2 Å². The van der Waals surface area contributed by atoms with Gasteiger partial charge in [-0.25, -0.2) is 13.1 Å². The van der Waals surface area contributed by atoms with Gasteiger partial charge < -0.3 is 5.32 Å². The Morgan fingerprint density at radius 2 is 2.05 bits per heavy atom. The highest BCUT2D eigenvalue weighted by molar-refractivity contribution is 7.89. The fraction of sp³-hybridized carbons (Fsp3) is 0.615. The molecule has 1 unspecified atom stereocenters. The van der Waals surface area contributed by atoms with E-state index in [2.05, 4.69) is 15.0 Å². The number of hydrogen-bond donors (Lipinski definition) is 2. The summed E-state index contributed by atoms with van der Waals surface area (Å²) in [6.07, 6.45) is 5.55. The second-order valence-electron chi connectivity index (χ2n) is 4.42. The predicted molar refractivity (Wildman–Crippen MR) is 77.7 cm³/mol. The highest BCUT2D eigenvalue weighted by Gasteiger charge is 2.21. The molecule has 0 bridgehead atoms. The van der Waals surface area contributed by atoms with Crippen LogP contribution in [0.25, 0.3) is 0 Å². The Bertz CT molecular complexity index is 488. The summed E-state index contributed by atoms with van der Waals surface area (Å²) in [4.78, 5) is 4.13. The third-order valence-electron chi connectivity index (χ3n) is 2.89. The minimum absolute atomic E-state index is 0.0234. The van der Waals surface area contributed by atoms with Gasteiger partial charge in [0.15, 0.2) is 0 Å². The summed E-state index contributed by atoms with van der Waals surface area (Å²) in [6, 6.07) is 1.66. The molecule has 0 aromatic carbocycles. The molecule has 0 radical (unpaired) electrons. The molecule has 5 nitrogen and oxygen atoms in total. The van der Waals surface area contributed by atoms with Gasteiger partial charge in [0.05, 0.1) is 5.69 Å². The van der Waals surface area contributed by atoms with Crippen LogP contribution < -0.4 is 10.0 Å². The standard InChI is InChI=1S/C13H23N3O2S/c1-4-7-11(5-2)16-19(17,18)13-10-14-9-8-12(13)15-6-3/h8-11,16H,4-7H2,1-3H3,(H,14,15). The maximum atomic E-state index is 12.4. The summed E-state index contributed by atoms with van der Waals surface area (Å²) in [5.41, 5.74) is 0.594. The highest BCUT2D eigenvalue weighted by atomic mass is 32.2. The maximum absolute atomic E-state index is 12.4. The first kappa shape index (κ1) is 15.9. The molecule has 0 aliphatic carbocycles. The van der Waals surface area contributed by atoms with E-state index >= 15 is 0 Å². The van der Waals surface area contributed by atoms with Gasteiger partial charge in [-0.15, -0.1) is 0 Å². The number of rotatable bonds is 8. The minimum Gasteiger partial charge on any atom is -0.384 e. The molecule has 0 saturated carbocycles. The van der Waals surface area contributed by atoms with Crippen LogP contribution in [-0.4, -0.2) is 26.0 Å². The van der Waals surface area contributed by atoms with Crippen molar-refractivity contribution in [3.05, 3.63) is 18.5 Å². The first-order chi connectivity index (χ1) is 9.05. The molecule has 0 fully saturated rings. The van der Waals surface area contributed by atoms with E-state index < -0.39 is 10.0 Å². The Morgan fingerprint density at radius 1 is 1.32 bits per heavy atom. The van der Waals surface area contributed by atoms with Crippen molar-refractivity contribution in [1.29, 1.82) is 0 Å². The Balaban J connectivity index is 2.99. The molecule has 0 spiro atoms. The van der Waals surface area contributed by atoms with Crippen LogP contribution in [0.4, 0.5) is 5.69 Å². The van der Waals surface area contributed by atoms with Gasteiger partial charge in [0.25, 0.3) is 0 Å². The second kappa shape index (κ2) is 7.45. The van der Waals surface area contributed by atoms with Gasteiger partial charge >= 0.3 is 0 Å². The average Bonchev–Trinajstić information content (AvgIpc) is 2.39. The Labute approximate surface area is 115 Å². The lowest BCUT2D eigenvalue weighted by atomic mass is 10.1. The minimum atomic E-state index is -3.52. The maximum Gasteiger partial charge on any atom is 0.244 e. The SMILES string of the molecule is CCCC(CC)NS(=O)(=O)c1cnccc1NCC. The summed E-state index contributed by atoms with van der Waals surface area (Å²) in [6.45, 7) is 6.62. The van der Waals surface area contributed by atoms with Crippen molar-refractivity contribution in [3.8, 4) is 0 Å². The lowest BCUT2D eigenvalue weighted by Gasteiger charge is -2.17. The van der Waals surface area contributed by atoms with Crippen LogP contribution in [0, 0.1) is 0 Å². The zero-order valence-corrected chi connectivity index (χ0v) is 12.6. The molecule has 0 saturated heterocycles. The number of anilines is 1. The molecule has 6 heteroatoms. The van der Waals surface area contributed by atoms with Crippen molar-refractivity contribution in [2.24, 2.45) is 0 Å². The van der Waals surface area contributed by atoms with Crippen LogP contribution in [0.5, 0.6) is 0 Å². The van der Waals surface area contributed by atoms with Crippen molar-refractivity contribution >= 4 is 15.7 Å². The highest BCUT2D eigenvalue weighted by Crippen LogP contribution is 2.20. The molecular formula is C13H23N3O2S. The van der Waals surface area contributed by atoms with Crippen molar-refractivity contribution in [2.45, 2.75) is 51.0 Å². The zero-order chi connectivity index (χ0) is 14.3. The lowest BCUT2D eigenvalue weighted by molar-refractivity contribution is 0.512. The number of pyridine rings is 1. The van der Waals surface area contributed by atoms with Gasteiger partial charge in [-0.05, 0) is 25.8 Å². The Morgan fingerprint density at radius 3 is 2.63 bits per heavy atom. The van der Waals surface area contributed by atoms with Crippen molar-refractivity contribution < 1.29 is 8.42 Å². The largest absolute Gasteiger partial charge is 0.384 e. The summed E-state index contributed by atoms with van der Waals surface area (Å²) in [5, 5.41) is 3.05. The molecule has 0 aliphatic rings. The quantitative estimate of drug-likeness (QED) is 0.769. The van der Waals surface area contributed by atoms with Gasteiger partial charge in [0, 0.05) is 25.0 Å². The van der Waals surface area contributed by atoms with Crippen molar-refractivity contribution in [3.63, 3.8) is 0 Å². The summed E-state index contributed by atoms with van der Waals surface area (Å²) in [5.74, 6) is 0. The molecule has 108 valence electrons. The summed E-state index contributed by atoms with van der Waals surface area (Å²) < 4.78 is 27.5. The van der Waals surface area contributed by atoms with Crippen molar-refractivity contribution in [2.75, 3.05) is 11.9 Å². The van der Waals surface area contributed by atoms with Crippen LogP contribution in [0.2, 0.25) is 0 Å². The van der Waals surface area contributed by atoms with Gasteiger partial charge in [-0.2, -0.15) is 0 Å². The first-order valence-electron chi connectivity index (χ1n) is 6.75. The number of sulfonamides is 1. The smallest absolute Gasteiger partial charge is 0.244 e. The molecule has 0 amide bonds. The summed E-state index contributed by atoms with van der Waals surface area (Å²) >= 11 is 0. The van der Waals surface area contributed by atoms with Crippen LogP contribution in [0.1, 0.15) is 40.0 Å². The third-order valence-corrected chi connectivity index (χ3v) is 4.44.